The maximum atomic E-state index is 11.7. The van der Waals surface area contributed by atoms with Crippen molar-refractivity contribution < 1.29 is 14.7 Å². The predicted molar refractivity (Wildman–Crippen MR) is 60.2 cm³/mol. The fourth-order valence-corrected chi connectivity index (χ4v) is 1.98. The number of ketones is 2. The molecule has 3 nitrogen and oxygen atoms in total. The van der Waals surface area contributed by atoms with E-state index >= 15 is 0 Å². The van der Waals surface area contributed by atoms with Crippen LogP contribution in [-0.4, -0.2) is 16.7 Å². The van der Waals surface area contributed by atoms with E-state index in [0.29, 0.717) is 5.56 Å². The summed E-state index contributed by atoms with van der Waals surface area (Å²) in [6.45, 7) is 1.70. The molecule has 0 unspecified atom stereocenters. The maximum absolute atomic E-state index is 11.7. The standard InChI is InChI=1S/C11H6Cl2O3/c1-4-2-5-7(6(14)3-4)11(16)9(13)8(12)10(5)15/h2-3,14H,1H3. The minimum Gasteiger partial charge on any atom is -0.507 e. The lowest BCUT2D eigenvalue weighted by Crippen LogP contribution is -2.18. The summed E-state index contributed by atoms with van der Waals surface area (Å²) >= 11 is 11.3. The number of carbonyl (C=O) groups is 2. The highest BCUT2D eigenvalue weighted by Crippen LogP contribution is 2.35. The second-order valence-corrected chi connectivity index (χ2v) is 4.25. The second-order valence-electron chi connectivity index (χ2n) is 3.49. The molecule has 0 aliphatic heterocycles. The molecule has 0 aromatic heterocycles. The number of fused-ring (bicyclic) bond motifs is 1. The molecule has 2 rings (SSSR count). The van der Waals surface area contributed by atoms with E-state index < -0.39 is 11.6 Å². The summed E-state index contributed by atoms with van der Waals surface area (Å²) in [6, 6.07) is 2.90. The summed E-state index contributed by atoms with van der Waals surface area (Å²) in [4.78, 5) is 23.5. The SMILES string of the molecule is Cc1cc(O)c2c(c1)C(=O)C(Cl)=C(Cl)C2=O. The number of Topliss-reactive ketones (excluding diaryl/α,β-unsaturated/α-hetero) is 2. The molecule has 0 saturated carbocycles. The Morgan fingerprint density at radius 3 is 2.25 bits per heavy atom. The molecule has 0 amide bonds. The average molecular weight is 257 g/mol. The van der Waals surface area contributed by atoms with Crippen molar-refractivity contribution in [3.05, 3.63) is 38.9 Å². The van der Waals surface area contributed by atoms with E-state index in [2.05, 4.69) is 0 Å². The van der Waals surface area contributed by atoms with Gasteiger partial charge in [-0.15, -0.1) is 0 Å². The minimum absolute atomic E-state index is 0.0787. The Kier molecular flexibility index (Phi) is 2.52. The van der Waals surface area contributed by atoms with Gasteiger partial charge in [0.25, 0.3) is 0 Å². The molecule has 0 atom stereocenters. The Morgan fingerprint density at radius 1 is 1.06 bits per heavy atom. The third-order valence-electron chi connectivity index (χ3n) is 2.32. The Bertz CT molecular complexity index is 559. The van der Waals surface area contributed by atoms with Gasteiger partial charge in [0.2, 0.25) is 11.6 Å². The van der Waals surface area contributed by atoms with Crippen molar-refractivity contribution in [2.24, 2.45) is 0 Å². The molecular formula is C11H6Cl2O3. The van der Waals surface area contributed by atoms with E-state index in [4.69, 9.17) is 23.2 Å². The summed E-state index contributed by atoms with van der Waals surface area (Å²) in [5, 5.41) is 8.98. The molecule has 0 saturated heterocycles. The first kappa shape index (κ1) is 11.2. The van der Waals surface area contributed by atoms with Gasteiger partial charge in [-0.1, -0.05) is 23.2 Å². The first-order chi connectivity index (χ1) is 7.43. The number of phenolic OH excluding ortho intramolecular Hbond substituents is 1. The number of hydrogen-bond donors (Lipinski definition) is 1. The summed E-state index contributed by atoms with van der Waals surface area (Å²) in [6.07, 6.45) is 0. The lowest BCUT2D eigenvalue weighted by Gasteiger charge is -2.15. The van der Waals surface area contributed by atoms with Gasteiger partial charge >= 0.3 is 0 Å². The molecule has 0 fully saturated rings. The summed E-state index contributed by atoms with van der Waals surface area (Å²) in [5.41, 5.74) is 0.682. The number of carbonyl (C=O) groups excluding carboxylic acids is 2. The van der Waals surface area contributed by atoms with Crippen molar-refractivity contribution in [2.45, 2.75) is 6.92 Å². The van der Waals surface area contributed by atoms with Crippen LogP contribution in [0.4, 0.5) is 0 Å². The van der Waals surface area contributed by atoms with Crippen LogP contribution in [0.15, 0.2) is 22.2 Å². The predicted octanol–water partition coefficient (Wildman–Crippen LogP) is 2.77. The van der Waals surface area contributed by atoms with Crippen LogP contribution < -0.4 is 0 Å². The van der Waals surface area contributed by atoms with Gasteiger partial charge in [-0.25, -0.2) is 0 Å². The van der Waals surface area contributed by atoms with E-state index in [9.17, 15) is 14.7 Å². The van der Waals surface area contributed by atoms with E-state index in [0.717, 1.165) is 0 Å². The van der Waals surface area contributed by atoms with E-state index in [1.54, 1.807) is 6.92 Å². The molecular weight excluding hydrogens is 251 g/mol. The van der Waals surface area contributed by atoms with E-state index in [1.807, 2.05) is 0 Å². The molecule has 1 aliphatic rings. The molecule has 0 heterocycles. The number of benzene rings is 1. The van der Waals surface area contributed by atoms with Crippen LogP contribution in [-0.2, 0) is 0 Å². The van der Waals surface area contributed by atoms with Gasteiger partial charge in [-0.3, -0.25) is 9.59 Å². The number of rotatable bonds is 0. The van der Waals surface area contributed by atoms with Crippen LogP contribution >= 0.6 is 23.2 Å². The quantitative estimate of drug-likeness (QED) is 0.777. The van der Waals surface area contributed by atoms with Gasteiger partial charge < -0.3 is 5.11 Å². The van der Waals surface area contributed by atoms with Gasteiger partial charge in [-0.05, 0) is 24.6 Å². The monoisotopic (exact) mass is 256 g/mol. The zero-order valence-electron chi connectivity index (χ0n) is 8.17. The average Bonchev–Trinajstić information content (AvgIpc) is 2.22. The maximum Gasteiger partial charge on any atom is 0.210 e. The fourth-order valence-electron chi connectivity index (χ4n) is 1.61. The van der Waals surface area contributed by atoms with Gasteiger partial charge in [-0.2, -0.15) is 0 Å². The lowest BCUT2D eigenvalue weighted by atomic mass is 9.92. The molecule has 1 N–H and O–H groups in total. The number of phenols is 1. The Morgan fingerprint density at radius 2 is 1.62 bits per heavy atom. The first-order valence-electron chi connectivity index (χ1n) is 4.41. The van der Waals surface area contributed by atoms with Crippen molar-refractivity contribution in [2.75, 3.05) is 0 Å². The van der Waals surface area contributed by atoms with Crippen molar-refractivity contribution >= 4 is 34.8 Å². The molecule has 1 aromatic rings. The van der Waals surface area contributed by atoms with Gasteiger partial charge in [0.1, 0.15) is 15.8 Å². The number of aromatic hydroxyl groups is 1. The third kappa shape index (κ3) is 1.44. The number of allylic oxidation sites excluding steroid dienone is 2. The second kappa shape index (κ2) is 3.61. The smallest absolute Gasteiger partial charge is 0.210 e. The van der Waals surface area contributed by atoms with Crippen LogP contribution in [0.5, 0.6) is 5.75 Å². The van der Waals surface area contributed by atoms with Crippen LogP contribution in [0.3, 0.4) is 0 Å². The molecule has 16 heavy (non-hydrogen) atoms. The van der Waals surface area contributed by atoms with E-state index in [-0.39, 0.29) is 26.9 Å². The van der Waals surface area contributed by atoms with Crippen LogP contribution in [0, 0.1) is 6.92 Å². The van der Waals surface area contributed by atoms with Gasteiger partial charge in [0, 0.05) is 5.56 Å². The van der Waals surface area contributed by atoms with Crippen molar-refractivity contribution in [3.63, 3.8) is 0 Å². The minimum atomic E-state index is -0.626. The van der Waals surface area contributed by atoms with Gasteiger partial charge in [0.05, 0.1) is 5.56 Å². The molecule has 0 spiro atoms. The number of hydrogen-bond acceptors (Lipinski definition) is 3. The number of aryl methyl sites for hydroxylation is 1. The van der Waals surface area contributed by atoms with E-state index in [1.165, 1.54) is 12.1 Å². The largest absolute Gasteiger partial charge is 0.507 e. The molecule has 5 heteroatoms. The third-order valence-corrected chi connectivity index (χ3v) is 3.14. The van der Waals surface area contributed by atoms with Crippen molar-refractivity contribution in [1.82, 2.24) is 0 Å². The van der Waals surface area contributed by atoms with Crippen LogP contribution in [0.1, 0.15) is 26.3 Å². The molecule has 0 bridgehead atoms. The highest BCUT2D eigenvalue weighted by atomic mass is 35.5. The summed E-state index contributed by atoms with van der Waals surface area (Å²) < 4.78 is 0. The van der Waals surface area contributed by atoms with Crippen LogP contribution in [0.2, 0.25) is 0 Å². The van der Waals surface area contributed by atoms with Gasteiger partial charge in [0.15, 0.2) is 0 Å². The lowest BCUT2D eigenvalue weighted by molar-refractivity contribution is 0.0984. The topological polar surface area (TPSA) is 54.4 Å². The first-order valence-corrected chi connectivity index (χ1v) is 5.17. The van der Waals surface area contributed by atoms with Crippen molar-refractivity contribution in [1.29, 1.82) is 0 Å². The zero-order chi connectivity index (χ0) is 12.0. The van der Waals surface area contributed by atoms with Crippen molar-refractivity contribution in [3.8, 4) is 5.75 Å². The Labute approximate surface area is 101 Å². The Hall–Kier alpha value is -1.32. The normalized spacial score (nSPS) is 15.4. The Balaban J connectivity index is 2.81. The fraction of sp³-hybridized carbons (Fsp3) is 0.0909. The molecule has 0 radical (unpaired) electrons. The van der Waals surface area contributed by atoms with Crippen LogP contribution in [0.25, 0.3) is 0 Å². The highest BCUT2D eigenvalue weighted by Gasteiger charge is 2.32. The number of halogens is 2. The molecule has 82 valence electrons. The zero-order valence-corrected chi connectivity index (χ0v) is 9.69. The molecule has 1 aliphatic carbocycles. The molecule has 1 aromatic carbocycles. The highest BCUT2D eigenvalue weighted by molar-refractivity contribution is 6.59. The summed E-state index contributed by atoms with van der Waals surface area (Å²) in [5.74, 6) is -1.42. The summed E-state index contributed by atoms with van der Waals surface area (Å²) in [7, 11) is 0.